The molecule has 4 heteroatoms. The van der Waals surface area contributed by atoms with Crippen molar-refractivity contribution in [2.24, 2.45) is 0 Å². The van der Waals surface area contributed by atoms with Crippen molar-refractivity contribution in [3.8, 4) is 0 Å². The van der Waals surface area contributed by atoms with Crippen molar-refractivity contribution >= 4 is 21.9 Å². The first-order valence-electron chi connectivity index (χ1n) is 7.87. The number of hydrogen-bond acceptors (Lipinski definition) is 2. The lowest BCUT2D eigenvalue weighted by molar-refractivity contribution is -0.152. The van der Waals surface area contributed by atoms with Crippen LogP contribution in [0.15, 0.2) is 22.7 Å². The number of carboxylic acid groups (broad SMARTS) is 1. The van der Waals surface area contributed by atoms with Crippen molar-refractivity contribution in [2.45, 2.75) is 57.0 Å². The summed E-state index contributed by atoms with van der Waals surface area (Å²) in [4.78, 5) is 14.3. The van der Waals surface area contributed by atoms with Crippen molar-refractivity contribution in [3.05, 3.63) is 33.8 Å². The fourth-order valence-corrected chi connectivity index (χ4v) is 4.86. The van der Waals surface area contributed by atoms with Gasteiger partial charge in [-0.25, -0.2) is 0 Å². The summed E-state index contributed by atoms with van der Waals surface area (Å²) in [7, 11) is 0. The predicted octanol–water partition coefficient (Wildman–Crippen LogP) is 4.16. The van der Waals surface area contributed by atoms with Crippen molar-refractivity contribution in [3.63, 3.8) is 0 Å². The molecule has 1 aliphatic carbocycles. The third-order valence-electron chi connectivity index (χ3n) is 5.16. The van der Waals surface area contributed by atoms with Crippen molar-refractivity contribution in [1.29, 1.82) is 0 Å². The van der Waals surface area contributed by atoms with Gasteiger partial charge in [-0.15, -0.1) is 0 Å². The summed E-state index contributed by atoms with van der Waals surface area (Å²) < 4.78 is 1.16. The number of hydrogen-bond donors (Lipinski definition) is 1. The molecule has 1 aliphatic heterocycles. The van der Waals surface area contributed by atoms with Crippen LogP contribution in [0.25, 0.3) is 0 Å². The maximum absolute atomic E-state index is 12.0. The highest BCUT2D eigenvalue weighted by Gasteiger charge is 2.50. The number of likely N-dealkylation sites (tertiary alicyclic amines) is 1. The molecule has 2 aliphatic rings. The first-order valence-corrected chi connectivity index (χ1v) is 8.67. The summed E-state index contributed by atoms with van der Waals surface area (Å²) in [5.74, 6) is -0.634. The van der Waals surface area contributed by atoms with Crippen molar-refractivity contribution < 1.29 is 9.90 Å². The molecule has 3 rings (SSSR count). The van der Waals surface area contributed by atoms with E-state index in [1.807, 2.05) is 0 Å². The van der Waals surface area contributed by atoms with E-state index in [0.717, 1.165) is 49.5 Å². The Kier molecular flexibility index (Phi) is 4.10. The summed E-state index contributed by atoms with van der Waals surface area (Å²) in [5.41, 5.74) is 2.04. The molecule has 2 unspecified atom stereocenters. The van der Waals surface area contributed by atoms with Crippen LogP contribution < -0.4 is 0 Å². The maximum Gasteiger partial charge on any atom is 0.324 e. The average Bonchev–Trinajstić information content (AvgIpc) is 3.04. The third kappa shape index (κ3) is 2.33. The van der Waals surface area contributed by atoms with Gasteiger partial charge in [0, 0.05) is 10.5 Å². The minimum atomic E-state index is -0.649. The Morgan fingerprint density at radius 2 is 2.33 bits per heavy atom. The monoisotopic (exact) mass is 351 g/mol. The third-order valence-corrected chi connectivity index (χ3v) is 5.90. The summed E-state index contributed by atoms with van der Waals surface area (Å²) in [6.07, 6.45) is 5.53. The van der Waals surface area contributed by atoms with Gasteiger partial charge in [-0.1, -0.05) is 41.4 Å². The van der Waals surface area contributed by atoms with Gasteiger partial charge in [-0.05, 0) is 55.8 Å². The Morgan fingerprint density at radius 3 is 3.05 bits per heavy atom. The second-order valence-electron chi connectivity index (χ2n) is 6.25. The standard InChI is InChI=1S/C17H22BrNO2/c1-2-9-17(16(20)21)10-4-11-19(17)15-8-7-12-13(15)5-3-6-14(12)18/h3,5-6,15H,2,4,7-11H2,1H3,(H,20,21). The predicted molar refractivity (Wildman–Crippen MR) is 86.4 cm³/mol. The highest BCUT2D eigenvalue weighted by atomic mass is 79.9. The number of aliphatic carboxylic acids is 1. The molecule has 0 saturated carbocycles. The molecule has 1 heterocycles. The minimum Gasteiger partial charge on any atom is -0.480 e. The van der Waals surface area contributed by atoms with E-state index in [0.29, 0.717) is 0 Å². The quantitative estimate of drug-likeness (QED) is 0.885. The molecular formula is C17H22BrNO2. The molecule has 0 aromatic heterocycles. The zero-order valence-corrected chi connectivity index (χ0v) is 14.0. The highest BCUT2D eigenvalue weighted by Crippen LogP contribution is 2.46. The molecule has 2 atom stereocenters. The number of carboxylic acids is 1. The van der Waals surface area contributed by atoms with Gasteiger partial charge in [0.25, 0.3) is 0 Å². The Bertz CT molecular complexity index is 560. The van der Waals surface area contributed by atoms with Gasteiger partial charge in [0.2, 0.25) is 0 Å². The number of halogens is 1. The van der Waals surface area contributed by atoms with Gasteiger partial charge in [-0.2, -0.15) is 0 Å². The van der Waals surface area contributed by atoms with Gasteiger partial charge < -0.3 is 5.11 Å². The van der Waals surface area contributed by atoms with Crippen LogP contribution in [0.1, 0.15) is 56.2 Å². The molecule has 0 spiro atoms. The van der Waals surface area contributed by atoms with Crippen molar-refractivity contribution in [2.75, 3.05) is 6.54 Å². The number of fused-ring (bicyclic) bond motifs is 1. The van der Waals surface area contributed by atoms with Gasteiger partial charge in [-0.3, -0.25) is 9.69 Å². The number of benzene rings is 1. The first-order chi connectivity index (χ1) is 10.1. The Morgan fingerprint density at radius 1 is 1.52 bits per heavy atom. The van der Waals surface area contributed by atoms with Crippen LogP contribution in [0, 0.1) is 0 Å². The normalized spacial score (nSPS) is 28.8. The fraction of sp³-hybridized carbons (Fsp3) is 0.588. The molecule has 1 aromatic carbocycles. The lowest BCUT2D eigenvalue weighted by Gasteiger charge is -2.39. The fourth-order valence-electron chi connectivity index (χ4n) is 4.28. The van der Waals surface area contributed by atoms with Crippen LogP contribution in [0.3, 0.4) is 0 Å². The number of nitrogens with zero attached hydrogens (tertiary/aromatic N) is 1. The number of rotatable bonds is 4. The lowest BCUT2D eigenvalue weighted by Crippen LogP contribution is -2.51. The SMILES string of the molecule is CCCC1(C(=O)O)CCCN1C1CCc2c(Br)cccc21. The van der Waals surface area contributed by atoms with Crippen LogP contribution in [0.5, 0.6) is 0 Å². The molecule has 0 amide bonds. The smallest absolute Gasteiger partial charge is 0.324 e. The van der Waals surface area contributed by atoms with E-state index in [2.05, 4.69) is 46.0 Å². The zero-order valence-electron chi connectivity index (χ0n) is 12.4. The Hall–Kier alpha value is -0.870. The van der Waals surface area contributed by atoms with Gasteiger partial charge >= 0.3 is 5.97 Å². The van der Waals surface area contributed by atoms with Gasteiger partial charge in [0.05, 0.1) is 0 Å². The van der Waals surface area contributed by atoms with E-state index < -0.39 is 11.5 Å². The summed E-state index contributed by atoms with van der Waals surface area (Å²) in [6, 6.07) is 6.60. The van der Waals surface area contributed by atoms with Gasteiger partial charge in [0.1, 0.15) is 5.54 Å². The zero-order chi connectivity index (χ0) is 15.0. The summed E-state index contributed by atoms with van der Waals surface area (Å²) in [5, 5.41) is 9.88. The first kappa shape index (κ1) is 15.0. The minimum absolute atomic E-state index is 0.266. The van der Waals surface area contributed by atoms with E-state index in [1.54, 1.807) is 0 Å². The summed E-state index contributed by atoms with van der Waals surface area (Å²) in [6.45, 7) is 2.99. The van der Waals surface area contributed by atoms with Crippen LogP contribution >= 0.6 is 15.9 Å². The topological polar surface area (TPSA) is 40.5 Å². The average molecular weight is 352 g/mol. The Labute approximate surface area is 134 Å². The largest absolute Gasteiger partial charge is 0.480 e. The molecule has 0 bridgehead atoms. The molecule has 3 nitrogen and oxygen atoms in total. The Balaban J connectivity index is 1.98. The second kappa shape index (κ2) is 5.73. The van der Waals surface area contributed by atoms with E-state index in [9.17, 15) is 9.90 Å². The number of carbonyl (C=O) groups is 1. The lowest BCUT2D eigenvalue weighted by atomic mass is 9.89. The van der Waals surface area contributed by atoms with E-state index >= 15 is 0 Å². The van der Waals surface area contributed by atoms with E-state index in [1.165, 1.54) is 11.1 Å². The molecule has 1 fully saturated rings. The summed E-state index contributed by atoms with van der Waals surface area (Å²) >= 11 is 3.64. The molecular weight excluding hydrogens is 330 g/mol. The molecule has 0 radical (unpaired) electrons. The molecule has 1 aromatic rings. The molecule has 21 heavy (non-hydrogen) atoms. The second-order valence-corrected chi connectivity index (χ2v) is 7.10. The molecule has 114 valence electrons. The molecule has 1 N–H and O–H groups in total. The van der Waals surface area contributed by atoms with Crippen LogP contribution in [0.4, 0.5) is 0 Å². The van der Waals surface area contributed by atoms with Crippen molar-refractivity contribution in [1.82, 2.24) is 4.90 Å². The van der Waals surface area contributed by atoms with Crippen LogP contribution in [-0.2, 0) is 11.2 Å². The van der Waals surface area contributed by atoms with E-state index in [4.69, 9.17) is 0 Å². The molecule has 1 saturated heterocycles. The van der Waals surface area contributed by atoms with Gasteiger partial charge in [0.15, 0.2) is 0 Å². The van der Waals surface area contributed by atoms with Crippen LogP contribution in [-0.4, -0.2) is 28.1 Å². The van der Waals surface area contributed by atoms with Crippen LogP contribution in [0.2, 0.25) is 0 Å². The highest BCUT2D eigenvalue weighted by molar-refractivity contribution is 9.10. The van der Waals surface area contributed by atoms with E-state index in [-0.39, 0.29) is 6.04 Å². The maximum atomic E-state index is 12.0.